The largest absolute Gasteiger partial charge is 0.471 e. The maximum Gasteiger partial charge on any atom is 0.276 e. The summed E-state index contributed by atoms with van der Waals surface area (Å²) in [5, 5.41) is 14.0. The van der Waals surface area contributed by atoms with Gasteiger partial charge in [0.1, 0.15) is 11.5 Å². The molecule has 0 bridgehead atoms. The molecule has 33 heavy (non-hydrogen) atoms. The summed E-state index contributed by atoms with van der Waals surface area (Å²) in [6, 6.07) is 12.7. The van der Waals surface area contributed by atoms with Gasteiger partial charge in [0.05, 0.1) is 18.5 Å². The molecular weight excluding hydrogens is 424 g/mol. The van der Waals surface area contributed by atoms with Gasteiger partial charge in [-0.05, 0) is 43.7 Å². The molecule has 0 aliphatic carbocycles. The van der Waals surface area contributed by atoms with Crippen molar-refractivity contribution in [2.24, 2.45) is 0 Å². The lowest BCUT2D eigenvalue weighted by molar-refractivity contribution is 0.0943. The number of nitrogens with one attached hydrogen (secondary N) is 2. The summed E-state index contributed by atoms with van der Waals surface area (Å²) in [7, 11) is 0. The van der Waals surface area contributed by atoms with Gasteiger partial charge in [0, 0.05) is 18.9 Å². The van der Waals surface area contributed by atoms with E-state index in [4.69, 9.17) is 9.15 Å². The number of rotatable bonds is 9. The van der Waals surface area contributed by atoms with Gasteiger partial charge in [0.25, 0.3) is 11.8 Å². The first-order valence-corrected chi connectivity index (χ1v) is 10.4. The van der Waals surface area contributed by atoms with E-state index in [0.29, 0.717) is 18.0 Å². The molecule has 0 atom stereocenters. The van der Waals surface area contributed by atoms with Crippen molar-refractivity contribution >= 4 is 17.5 Å². The monoisotopic (exact) mass is 448 g/mol. The van der Waals surface area contributed by atoms with Crippen LogP contribution < -0.4 is 15.4 Å². The zero-order valence-electron chi connectivity index (χ0n) is 18.3. The van der Waals surface area contributed by atoms with E-state index >= 15 is 0 Å². The van der Waals surface area contributed by atoms with Gasteiger partial charge in [0.15, 0.2) is 18.1 Å². The standard InChI is InChI=1S/C23H24N6O4/c1-3-28-14-19(21(27-28)23(31)24-13-17-8-6-12-32-17)25-22(30)18-10-11-29(26-18)15-33-20-9-5-4-7-16(20)2/h4-12,14H,3,13,15H2,1-2H3,(H,24,31)(H,25,30). The minimum absolute atomic E-state index is 0.110. The fourth-order valence-corrected chi connectivity index (χ4v) is 3.10. The average molecular weight is 448 g/mol. The summed E-state index contributed by atoms with van der Waals surface area (Å²) in [6.07, 6.45) is 4.79. The Balaban J connectivity index is 1.41. The maximum absolute atomic E-state index is 12.8. The Hall–Kier alpha value is -4.34. The number of carbonyl (C=O) groups excluding carboxylic acids is 2. The third-order valence-electron chi connectivity index (χ3n) is 4.87. The molecule has 1 aromatic carbocycles. The molecule has 3 aromatic heterocycles. The summed E-state index contributed by atoms with van der Waals surface area (Å²) in [6.45, 7) is 4.75. The summed E-state index contributed by atoms with van der Waals surface area (Å²) in [5.74, 6) is 0.477. The molecule has 10 nitrogen and oxygen atoms in total. The predicted molar refractivity (Wildman–Crippen MR) is 120 cm³/mol. The molecule has 0 spiro atoms. The highest BCUT2D eigenvalue weighted by Gasteiger charge is 2.20. The van der Waals surface area contributed by atoms with Crippen molar-refractivity contribution in [1.82, 2.24) is 24.9 Å². The highest BCUT2D eigenvalue weighted by Crippen LogP contribution is 2.17. The number of aromatic nitrogens is 4. The molecule has 0 aliphatic heterocycles. The molecule has 0 aliphatic rings. The van der Waals surface area contributed by atoms with E-state index in [1.807, 2.05) is 38.1 Å². The van der Waals surface area contributed by atoms with Crippen molar-refractivity contribution in [3.63, 3.8) is 0 Å². The second-order valence-electron chi connectivity index (χ2n) is 7.24. The molecule has 170 valence electrons. The fraction of sp³-hybridized carbons (Fsp3) is 0.217. The van der Waals surface area contributed by atoms with Gasteiger partial charge in [-0.25, -0.2) is 4.68 Å². The number of nitrogens with zero attached hydrogens (tertiary/aromatic N) is 4. The lowest BCUT2D eigenvalue weighted by Crippen LogP contribution is -2.25. The Morgan fingerprint density at radius 1 is 1.06 bits per heavy atom. The number of para-hydroxylation sites is 1. The van der Waals surface area contributed by atoms with Gasteiger partial charge < -0.3 is 19.8 Å². The molecule has 3 heterocycles. The first-order chi connectivity index (χ1) is 16.0. The number of benzene rings is 1. The van der Waals surface area contributed by atoms with Crippen molar-refractivity contribution in [1.29, 1.82) is 0 Å². The van der Waals surface area contributed by atoms with Gasteiger partial charge in [-0.1, -0.05) is 18.2 Å². The van der Waals surface area contributed by atoms with Crippen molar-refractivity contribution in [2.45, 2.75) is 33.7 Å². The molecule has 0 unspecified atom stereocenters. The van der Waals surface area contributed by atoms with Crippen molar-refractivity contribution in [3.8, 4) is 5.75 Å². The third-order valence-corrected chi connectivity index (χ3v) is 4.87. The number of hydrogen-bond donors (Lipinski definition) is 2. The summed E-state index contributed by atoms with van der Waals surface area (Å²) < 4.78 is 14.1. The number of amides is 2. The van der Waals surface area contributed by atoms with Crippen LogP contribution in [0.5, 0.6) is 5.75 Å². The molecular formula is C23H24N6O4. The predicted octanol–water partition coefficient (Wildman–Crippen LogP) is 3.22. The summed E-state index contributed by atoms with van der Waals surface area (Å²) in [5.41, 5.74) is 1.60. The van der Waals surface area contributed by atoms with Crippen LogP contribution >= 0.6 is 0 Å². The van der Waals surface area contributed by atoms with Gasteiger partial charge >= 0.3 is 0 Å². The average Bonchev–Trinajstić information content (AvgIpc) is 3.58. The van der Waals surface area contributed by atoms with Crippen molar-refractivity contribution in [2.75, 3.05) is 5.32 Å². The Labute approximate surface area is 190 Å². The Morgan fingerprint density at radius 2 is 1.91 bits per heavy atom. The van der Waals surface area contributed by atoms with Crippen LogP contribution in [0, 0.1) is 6.92 Å². The minimum Gasteiger partial charge on any atom is -0.471 e. The van der Waals surface area contributed by atoms with Gasteiger partial charge in [-0.15, -0.1) is 0 Å². The number of carbonyl (C=O) groups is 2. The highest BCUT2D eigenvalue weighted by molar-refractivity contribution is 6.07. The first kappa shape index (κ1) is 21.9. The number of hydrogen-bond acceptors (Lipinski definition) is 6. The van der Waals surface area contributed by atoms with Crippen LogP contribution in [0.25, 0.3) is 0 Å². The number of furan rings is 1. The molecule has 2 amide bonds. The highest BCUT2D eigenvalue weighted by atomic mass is 16.5. The third kappa shape index (κ3) is 5.29. The molecule has 0 saturated carbocycles. The Kier molecular flexibility index (Phi) is 6.53. The maximum atomic E-state index is 12.8. The summed E-state index contributed by atoms with van der Waals surface area (Å²) in [4.78, 5) is 25.4. The van der Waals surface area contributed by atoms with E-state index in [-0.39, 0.29) is 24.7 Å². The van der Waals surface area contributed by atoms with Gasteiger partial charge in [-0.3, -0.25) is 14.3 Å². The quantitative estimate of drug-likeness (QED) is 0.406. The van der Waals surface area contributed by atoms with Crippen molar-refractivity contribution in [3.05, 3.63) is 83.8 Å². The Morgan fingerprint density at radius 3 is 2.67 bits per heavy atom. The van der Waals surface area contributed by atoms with Crippen LogP contribution in [-0.4, -0.2) is 31.4 Å². The molecule has 10 heteroatoms. The molecule has 0 radical (unpaired) electrons. The number of anilines is 1. The van der Waals surface area contributed by atoms with E-state index < -0.39 is 11.8 Å². The second-order valence-corrected chi connectivity index (χ2v) is 7.24. The van der Waals surface area contributed by atoms with Crippen LogP contribution in [-0.2, 0) is 19.8 Å². The lowest BCUT2D eigenvalue weighted by Gasteiger charge is -2.08. The summed E-state index contributed by atoms with van der Waals surface area (Å²) >= 11 is 0. The zero-order chi connectivity index (χ0) is 23.2. The topological polar surface area (TPSA) is 116 Å². The second kappa shape index (κ2) is 9.86. The normalized spacial score (nSPS) is 10.7. The molecule has 2 N–H and O–H groups in total. The van der Waals surface area contributed by atoms with Crippen LogP contribution in [0.1, 0.15) is 39.2 Å². The molecule has 4 aromatic rings. The van der Waals surface area contributed by atoms with Gasteiger partial charge in [0.2, 0.25) is 0 Å². The molecule has 0 fully saturated rings. The molecule has 0 saturated heterocycles. The van der Waals surface area contributed by atoms with E-state index in [0.717, 1.165) is 11.3 Å². The van der Waals surface area contributed by atoms with E-state index in [1.165, 1.54) is 10.9 Å². The number of aryl methyl sites for hydroxylation is 2. The zero-order valence-corrected chi connectivity index (χ0v) is 18.3. The first-order valence-electron chi connectivity index (χ1n) is 10.4. The molecule has 4 rings (SSSR count). The van der Waals surface area contributed by atoms with E-state index in [1.54, 1.807) is 35.3 Å². The van der Waals surface area contributed by atoms with E-state index in [2.05, 4.69) is 20.8 Å². The van der Waals surface area contributed by atoms with Crippen molar-refractivity contribution < 1.29 is 18.7 Å². The van der Waals surface area contributed by atoms with Crippen LogP contribution in [0.3, 0.4) is 0 Å². The van der Waals surface area contributed by atoms with Crippen LogP contribution in [0.15, 0.2) is 65.5 Å². The fourth-order valence-electron chi connectivity index (χ4n) is 3.10. The smallest absolute Gasteiger partial charge is 0.276 e. The van der Waals surface area contributed by atoms with Crippen LogP contribution in [0.2, 0.25) is 0 Å². The van der Waals surface area contributed by atoms with Crippen LogP contribution in [0.4, 0.5) is 5.69 Å². The van der Waals surface area contributed by atoms with Gasteiger partial charge in [-0.2, -0.15) is 10.2 Å². The Bertz CT molecular complexity index is 1240. The lowest BCUT2D eigenvalue weighted by atomic mass is 10.2. The van der Waals surface area contributed by atoms with E-state index in [9.17, 15) is 9.59 Å². The SMILES string of the molecule is CCn1cc(NC(=O)c2ccn(COc3ccccc3C)n2)c(C(=O)NCc2ccco2)n1. The number of ether oxygens (including phenoxy) is 1. The minimum atomic E-state index is -0.458.